The normalized spacial score (nSPS) is 11.3. The Morgan fingerprint density at radius 1 is 0.592 bits per heavy atom. The highest BCUT2D eigenvalue weighted by Crippen LogP contribution is 2.33. The van der Waals surface area contributed by atoms with E-state index in [-0.39, 0.29) is 0 Å². The lowest BCUT2D eigenvalue weighted by molar-refractivity contribution is 0.853. The van der Waals surface area contributed by atoms with E-state index < -0.39 is 0 Å². The van der Waals surface area contributed by atoms with Crippen molar-refractivity contribution in [2.45, 2.75) is 79.1 Å². The Morgan fingerprint density at radius 2 is 1.18 bits per heavy atom. The van der Waals surface area contributed by atoms with Gasteiger partial charge in [0.25, 0.3) is 0 Å². The van der Waals surface area contributed by atoms with Gasteiger partial charge in [0.15, 0.2) is 0 Å². The van der Waals surface area contributed by atoms with Gasteiger partial charge in [0.1, 0.15) is 0 Å². The van der Waals surface area contributed by atoms with Crippen LogP contribution < -0.4 is 0 Å². The molecule has 0 atom stereocenters. The molecule has 7 heteroatoms. The molecular formula is C42H47ClN4S2. The molecular weight excluding hydrogens is 660 g/mol. The third-order valence-corrected chi connectivity index (χ3v) is 10.7. The van der Waals surface area contributed by atoms with Gasteiger partial charge in [0.05, 0.1) is 23.6 Å². The van der Waals surface area contributed by atoms with E-state index in [0.29, 0.717) is 23.7 Å². The average Bonchev–Trinajstić information content (AvgIpc) is 3.90. The molecule has 0 bridgehead atoms. The third kappa shape index (κ3) is 8.80. The Bertz CT molecular complexity index is 2150. The summed E-state index contributed by atoms with van der Waals surface area (Å²) < 4.78 is 6.69. The first-order valence-corrected chi connectivity index (χ1v) is 19.1. The summed E-state index contributed by atoms with van der Waals surface area (Å²) in [6.45, 7) is 17.7. The Labute approximate surface area is 304 Å². The maximum atomic E-state index is 5.96. The Morgan fingerprint density at radius 3 is 1.86 bits per heavy atom. The topological polar surface area (TPSA) is 34.6 Å². The molecule has 0 aliphatic heterocycles. The molecule has 6 heterocycles. The van der Waals surface area contributed by atoms with E-state index in [1.54, 1.807) is 11.3 Å². The Balaban J connectivity index is 0.000000127. The summed E-state index contributed by atoms with van der Waals surface area (Å²) in [6.07, 6.45) is 9.58. The summed E-state index contributed by atoms with van der Waals surface area (Å²) in [7, 11) is 0. The zero-order valence-corrected chi connectivity index (χ0v) is 32.2. The van der Waals surface area contributed by atoms with E-state index >= 15 is 0 Å². The molecule has 0 unspecified atom stereocenters. The number of halogens is 1. The Kier molecular flexibility index (Phi) is 12.3. The van der Waals surface area contributed by atoms with Crippen molar-refractivity contribution >= 4 is 65.5 Å². The number of imidazole rings is 1. The Hall–Kier alpha value is -3.97. The van der Waals surface area contributed by atoms with E-state index in [0.717, 1.165) is 5.02 Å². The van der Waals surface area contributed by atoms with Crippen LogP contribution in [0.5, 0.6) is 0 Å². The fourth-order valence-corrected chi connectivity index (χ4v) is 8.24. The predicted octanol–water partition coefficient (Wildman–Crippen LogP) is 13.6. The van der Waals surface area contributed by atoms with Crippen LogP contribution in [-0.4, -0.2) is 19.0 Å². The SMILES string of the molecule is CC(C)c1cccn2cncc12.CC(C)c1cccn2nccc12.CC(C)c1csc2ccc(Cl)cc12.CC(C)c1csc2ccccc12. The van der Waals surface area contributed by atoms with Gasteiger partial charge in [-0.3, -0.25) is 0 Å². The second kappa shape index (κ2) is 16.6. The van der Waals surface area contributed by atoms with Crippen molar-refractivity contribution in [3.63, 3.8) is 0 Å². The first-order chi connectivity index (χ1) is 23.5. The van der Waals surface area contributed by atoms with Crippen molar-refractivity contribution in [2.75, 3.05) is 0 Å². The third-order valence-electron chi connectivity index (χ3n) is 8.52. The van der Waals surface area contributed by atoms with Gasteiger partial charge in [0, 0.05) is 33.0 Å². The van der Waals surface area contributed by atoms with E-state index in [4.69, 9.17) is 11.6 Å². The van der Waals surface area contributed by atoms with Gasteiger partial charge in [-0.2, -0.15) is 5.10 Å². The minimum atomic E-state index is 0.561. The molecule has 0 radical (unpaired) electrons. The minimum Gasteiger partial charge on any atom is -0.306 e. The van der Waals surface area contributed by atoms with Crippen LogP contribution in [0.4, 0.5) is 0 Å². The molecule has 0 aliphatic carbocycles. The zero-order chi connectivity index (χ0) is 35.1. The van der Waals surface area contributed by atoms with Gasteiger partial charge in [-0.15, -0.1) is 22.7 Å². The quantitative estimate of drug-likeness (QED) is 0.183. The first-order valence-electron chi connectivity index (χ1n) is 17.0. The summed E-state index contributed by atoms with van der Waals surface area (Å²) in [4.78, 5) is 4.11. The smallest absolute Gasteiger partial charge is 0.0992 e. The summed E-state index contributed by atoms with van der Waals surface area (Å²) in [5.74, 6) is 2.34. The van der Waals surface area contributed by atoms with Gasteiger partial charge < -0.3 is 4.40 Å². The summed E-state index contributed by atoms with van der Waals surface area (Å²) >= 11 is 9.59. The molecule has 254 valence electrons. The summed E-state index contributed by atoms with van der Waals surface area (Å²) in [5.41, 5.74) is 8.03. The fraction of sp³-hybridized carbons (Fsp3) is 0.286. The van der Waals surface area contributed by atoms with Crippen molar-refractivity contribution < 1.29 is 0 Å². The molecule has 0 N–H and O–H groups in total. The van der Waals surface area contributed by atoms with Crippen LogP contribution in [0, 0.1) is 0 Å². The molecule has 0 aliphatic rings. The molecule has 49 heavy (non-hydrogen) atoms. The zero-order valence-electron chi connectivity index (χ0n) is 29.8. The van der Waals surface area contributed by atoms with E-state index in [9.17, 15) is 0 Å². The number of thiophene rings is 2. The number of aromatic nitrogens is 4. The van der Waals surface area contributed by atoms with Gasteiger partial charge in [-0.05, 0) is 110 Å². The van der Waals surface area contributed by atoms with Crippen molar-refractivity contribution in [2.24, 2.45) is 0 Å². The molecule has 4 nitrogen and oxygen atoms in total. The standard InChI is InChI=1S/C11H11ClS.C11H12S.2C10H12N2/c1-7(2)10-6-13-11-4-3-8(12)5-9(10)11;1-8(2)10-7-12-11-6-4-3-5-9(10)11;1-8(2)9-4-3-7-12-10(9)5-6-11-12;1-8(2)9-4-3-5-12-7-11-6-10(9)12/h3-7H,1-2H3;3*3-8H,1-2H3. The lowest BCUT2D eigenvalue weighted by atomic mass is 10.0. The lowest BCUT2D eigenvalue weighted by Crippen LogP contribution is -1.93. The second-order valence-corrected chi connectivity index (χ2v) is 15.7. The molecule has 0 fully saturated rings. The van der Waals surface area contributed by atoms with Crippen molar-refractivity contribution in [1.29, 1.82) is 0 Å². The second-order valence-electron chi connectivity index (χ2n) is 13.4. The van der Waals surface area contributed by atoms with Gasteiger partial charge >= 0.3 is 0 Å². The maximum Gasteiger partial charge on any atom is 0.0992 e. The molecule has 8 aromatic rings. The van der Waals surface area contributed by atoms with Crippen LogP contribution in [0.15, 0.2) is 115 Å². The van der Waals surface area contributed by atoms with Crippen molar-refractivity contribution in [3.8, 4) is 0 Å². The van der Waals surface area contributed by atoms with Crippen LogP contribution >= 0.6 is 34.3 Å². The van der Waals surface area contributed by atoms with E-state index in [1.165, 1.54) is 53.5 Å². The number of rotatable bonds is 4. The maximum absolute atomic E-state index is 5.96. The van der Waals surface area contributed by atoms with Crippen molar-refractivity contribution in [3.05, 3.63) is 142 Å². The number of hydrogen-bond donors (Lipinski definition) is 0. The molecule has 0 saturated carbocycles. The van der Waals surface area contributed by atoms with E-state index in [2.05, 4.69) is 141 Å². The van der Waals surface area contributed by atoms with Crippen LogP contribution in [0.3, 0.4) is 0 Å². The molecule has 6 aromatic heterocycles. The average molecular weight is 707 g/mol. The summed E-state index contributed by atoms with van der Waals surface area (Å²) in [5, 5.41) is 12.2. The molecule has 0 saturated heterocycles. The highest BCUT2D eigenvalue weighted by Gasteiger charge is 2.08. The predicted molar refractivity (Wildman–Crippen MR) is 215 cm³/mol. The molecule has 2 aromatic carbocycles. The van der Waals surface area contributed by atoms with Crippen LogP contribution in [0.25, 0.3) is 31.2 Å². The fourth-order valence-electron chi connectivity index (χ4n) is 5.84. The number of hydrogen-bond acceptors (Lipinski definition) is 4. The lowest BCUT2D eigenvalue weighted by Gasteiger charge is -2.06. The number of pyridine rings is 2. The largest absolute Gasteiger partial charge is 0.306 e. The number of fused-ring (bicyclic) bond motifs is 4. The van der Waals surface area contributed by atoms with E-state index in [1.807, 2.05) is 59.1 Å². The monoisotopic (exact) mass is 706 g/mol. The first kappa shape index (κ1) is 36.3. The number of benzene rings is 2. The highest BCUT2D eigenvalue weighted by molar-refractivity contribution is 7.17. The minimum absolute atomic E-state index is 0.561. The molecule has 0 amide bonds. The van der Waals surface area contributed by atoms with Crippen molar-refractivity contribution in [1.82, 2.24) is 19.0 Å². The van der Waals surface area contributed by atoms with Crippen LogP contribution in [-0.2, 0) is 0 Å². The molecule has 0 spiro atoms. The number of nitrogens with zero attached hydrogens (tertiary/aromatic N) is 4. The molecule has 8 rings (SSSR count). The van der Waals surface area contributed by atoms with Crippen LogP contribution in [0.1, 0.15) is 101 Å². The van der Waals surface area contributed by atoms with Gasteiger partial charge in [-0.1, -0.05) is 97.3 Å². The van der Waals surface area contributed by atoms with Gasteiger partial charge in [-0.25, -0.2) is 9.50 Å². The highest BCUT2D eigenvalue weighted by atomic mass is 35.5. The van der Waals surface area contributed by atoms with Crippen LogP contribution in [0.2, 0.25) is 5.02 Å². The van der Waals surface area contributed by atoms with Gasteiger partial charge in [0.2, 0.25) is 0 Å². The summed E-state index contributed by atoms with van der Waals surface area (Å²) in [6, 6.07) is 25.2.